The maximum atomic E-state index is 14.4. The van der Waals surface area contributed by atoms with Crippen molar-refractivity contribution in [2.75, 3.05) is 31.2 Å². The first-order valence-corrected chi connectivity index (χ1v) is 15.0. The molecule has 1 fully saturated rings. The van der Waals surface area contributed by atoms with Crippen LogP contribution in [-0.2, 0) is 15.7 Å². The van der Waals surface area contributed by atoms with Gasteiger partial charge in [0.05, 0.1) is 30.5 Å². The molecule has 48 heavy (non-hydrogen) atoms. The van der Waals surface area contributed by atoms with Gasteiger partial charge in [0.25, 0.3) is 17.7 Å². The lowest BCUT2D eigenvalue weighted by Crippen LogP contribution is -2.56. The lowest BCUT2D eigenvalue weighted by molar-refractivity contribution is -0.137. The van der Waals surface area contributed by atoms with Crippen LogP contribution in [0.2, 0.25) is 0 Å². The van der Waals surface area contributed by atoms with Gasteiger partial charge in [-0.05, 0) is 55.0 Å². The van der Waals surface area contributed by atoms with Gasteiger partial charge in [-0.2, -0.15) is 23.5 Å². The second-order valence-corrected chi connectivity index (χ2v) is 11.2. The summed E-state index contributed by atoms with van der Waals surface area (Å²) in [6.07, 6.45) is -4.72. The highest BCUT2D eigenvalue weighted by molar-refractivity contribution is 6.07. The van der Waals surface area contributed by atoms with Crippen LogP contribution in [0.3, 0.4) is 0 Å². The summed E-state index contributed by atoms with van der Waals surface area (Å²) in [5, 5.41) is 17.1. The molecule has 1 saturated heterocycles. The number of rotatable bonds is 6. The molecule has 3 aromatic carbocycles. The predicted molar refractivity (Wildman–Crippen MR) is 164 cm³/mol. The van der Waals surface area contributed by atoms with Crippen LogP contribution in [0, 0.1) is 17.1 Å². The van der Waals surface area contributed by atoms with Crippen molar-refractivity contribution in [1.82, 2.24) is 20.0 Å². The number of nitriles is 1. The minimum atomic E-state index is -4.72. The number of carbonyl (C=O) groups is 3. The van der Waals surface area contributed by atoms with Gasteiger partial charge in [-0.15, -0.1) is 0 Å². The van der Waals surface area contributed by atoms with Gasteiger partial charge in [-0.3, -0.25) is 19.3 Å². The summed E-state index contributed by atoms with van der Waals surface area (Å²) < 4.78 is 61.6. The van der Waals surface area contributed by atoms with Crippen molar-refractivity contribution in [1.29, 1.82) is 5.26 Å². The van der Waals surface area contributed by atoms with Crippen LogP contribution in [0.1, 0.15) is 50.4 Å². The molecule has 0 saturated carbocycles. The predicted octanol–water partition coefficient (Wildman–Crippen LogP) is 4.69. The Morgan fingerprint density at radius 2 is 1.79 bits per heavy atom. The van der Waals surface area contributed by atoms with Crippen LogP contribution in [0.4, 0.5) is 23.4 Å². The molecular weight excluding hydrogens is 632 g/mol. The van der Waals surface area contributed by atoms with E-state index >= 15 is 0 Å². The molecule has 6 rings (SSSR count). The van der Waals surface area contributed by atoms with Gasteiger partial charge in [-0.25, -0.2) is 9.07 Å². The van der Waals surface area contributed by atoms with E-state index in [1.807, 2.05) is 0 Å². The molecule has 4 aromatic rings. The fourth-order valence-electron chi connectivity index (χ4n) is 6.09. The van der Waals surface area contributed by atoms with Gasteiger partial charge in [0.1, 0.15) is 23.7 Å². The lowest BCUT2D eigenvalue weighted by atomic mass is 9.80. The number of halogens is 4. The quantitative estimate of drug-likeness (QED) is 0.300. The number of hydrogen-bond donors (Lipinski definition) is 1. The van der Waals surface area contributed by atoms with E-state index in [-0.39, 0.29) is 48.9 Å². The average molecular weight is 661 g/mol. The fraction of sp³-hybridized carbons (Fsp3) is 0.265. The molecule has 1 aromatic heterocycles. The summed E-state index contributed by atoms with van der Waals surface area (Å²) in [4.78, 5) is 45.0. The molecule has 14 heteroatoms. The summed E-state index contributed by atoms with van der Waals surface area (Å²) in [5.74, 6) is -3.73. The van der Waals surface area contributed by atoms with Crippen LogP contribution in [0.5, 0.6) is 0 Å². The van der Waals surface area contributed by atoms with Gasteiger partial charge < -0.3 is 15.0 Å². The summed E-state index contributed by atoms with van der Waals surface area (Å²) in [6, 6.07) is 17.3. The zero-order chi connectivity index (χ0) is 34.2. The number of nitrogens with one attached hydrogen (secondary N) is 1. The molecule has 0 aliphatic carbocycles. The van der Waals surface area contributed by atoms with Gasteiger partial charge in [0.2, 0.25) is 0 Å². The zero-order valence-electron chi connectivity index (χ0n) is 25.4. The van der Waals surface area contributed by atoms with Gasteiger partial charge >= 0.3 is 6.18 Å². The number of para-hydroxylation sites is 1. The number of alkyl halides is 3. The van der Waals surface area contributed by atoms with Crippen molar-refractivity contribution in [3.8, 4) is 11.8 Å². The Morgan fingerprint density at radius 3 is 2.46 bits per heavy atom. The third-order valence-electron chi connectivity index (χ3n) is 8.35. The van der Waals surface area contributed by atoms with E-state index in [1.54, 1.807) is 37.3 Å². The number of morpholine rings is 1. The molecular formula is C34H28F4N6O4. The van der Waals surface area contributed by atoms with E-state index in [0.29, 0.717) is 17.3 Å². The van der Waals surface area contributed by atoms with Gasteiger partial charge in [0.15, 0.2) is 5.69 Å². The highest BCUT2D eigenvalue weighted by atomic mass is 19.4. The minimum Gasteiger partial charge on any atom is -0.376 e. The highest BCUT2D eigenvalue weighted by Crippen LogP contribution is 2.44. The van der Waals surface area contributed by atoms with Crippen molar-refractivity contribution in [3.05, 3.63) is 113 Å². The second-order valence-electron chi connectivity index (χ2n) is 11.2. The molecule has 1 N–H and O–H groups in total. The van der Waals surface area contributed by atoms with Crippen LogP contribution in [0.25, 0.3) is 5.69 Å². The summed E-state index contributed by atoms with van der Waals surface area (Å²) in [6.45, 7) is 1.96. The molecule has 246 valence electrons. The Hall–Kier alpha value is -5.55. The maximum Gasteiger partial charge on any atom is 0.416 e. The number of anilines is 1. The van der Waals surface area contributed by atoms with E-state index in [4.69, 9.17) is 9.84 Å². The van der Waals surface area contributed by atoms with Crippen molar-refractivity contribution in [3.63, 3.8) is 0 Å². The van der Waals surface area contributed by atoms with Crippen molar-refractivity contribution in [2.24, 2.45) is 0 Å². The maximum absolute atomic E-state index is 14.4. The van der Waals surface area contributed by atoms with E-state index in [2.05, 4.69) is 11.4 Å². The monoisotopic (exact) mass is 660 g/mol. The summed E-state index contributed by atoms with van der Waals surface area (Å²) >= 11 is 0. The van der Waals surface area contributed by atoms with Gasteiger partial charge in [-0.1, -0.05) is 36.4 Å². The first-order valence-electron chi connectivity index (χ1n) is 15.0. The first kappa shape index (κ1) is 32.4. The molecule has 2 aliphatic heterocycles. The molecule has 10 nitrogen and oxygen atoms in total. The number of amides is 3. The van der Waals surface area contributed by atoms with E-state index < -0.39 is 53.3 Å². The Labute approximate surface area is 272 Å². The third-order valence-corrected chi connectivity index (χ3v) is 8.35. The molecule has 3 amide bonds. The lowest BCUT2D eigenvalue weighted by Gasteiger charge is -2.39. The standard InChI is InChI=1S/C34H28F4N6O4/c1-2-42-31-27(29(41-44(31)24-9-4-3-5-10-24)33(47)43-15-16-48-19-25(43)18-39)26(20-11-13-23(35)14-12-20)28(32(42)46)40-30(45)21-7-6-8-22(17-21)34(36,37)38/h3-14,17,25-26,28H,2,15-16,19H2,1H3,(H,40,45)/t25-,26-,28-/m1/s1. The summed E-state index contributed by atoms with van der Waals surface area (Å²) in [7, 11) is 0. The Balaban J connectivity index is 1.57. The number of fused-ring (bicyclic) bond motifs is 1. The molecule has 3 atom stereocenters. The van der Waals surface area contributed by atoms with E-state index in [0.717, 1.165) is 24.3 Å². The molecule has 2 aliphatic rings. The van der Waals surface area contributed by atoms with Crippen LogP contribution < -0.4 is 10.2 Å². The molecule has 0 spiro atoms. The topological polar surface area (TPSA) is 121 Å². The summed E-state index contributed by atoms with van der Waals surface area (Å²) in [5.41, 5.74) is -0.458. The molecule has 0 radical (unpaired) electrons. The van der Waals surface area contributed by atoms with E-state index in [9.17, 15) is 37.2 Å². The van der Waals surface area contributed by atoms with Crippen molar-refractivity contribution in [2.45, 2.75) is 31.1 Å². The zero-order valence-corrected chi connectivity index (χ0v) is 25.4. The fourth-order valence-corrected chi connectivity index (χ4v) is 6.09. The Morgan fingerprint density at radius 1 is 1.06 bits per heavy atom. The van der Waals surface area contributed by atoms with Crippen LogP contribution in [-0.4, -0.2) is 70.8 Å². The average Bonchev–Trinajstić information content (AvgIpc) is 3.48. The smallest absolute Gasteiger partial charge is 0.376 e. The SMILES string of the molecule is CCN1C(=O)[C@H](NC(=O)c2cccc(C(F)(F)F)c2)[C@H](c2ccc(F)cc2)c2c(C(=O)N3CCOC[C@H]3C#N)nn(-c3ccccc3)c21. The van der Waals surface area contributed by atoms with Crippen LogP contribution >= 0.6 is 0 Å². The van der Waals surface area contributed by atoms with Crippen LogP contribution in [0.15, 0.2) is 78.9 Å². The normalized spacial score (nSPS) is 19.4. The Kier molecular flexibility index (Phi) is 8.72. The van der Waals surface area contributed by atoms with E-state index in [1.165, 1.54) is 32.7 Å². The number of aromatic nitrogens is 2. The molecule has 0 unspecified atom stereocenters. The van der Waals surface area contributed by atoms with Gasteiger partial charge in [0, 0.05) is 30.1 Å². The highest BCUT2D eigenvalue weighted by Gasteiger charge is 2.48. The molecule has 0 bridgehead atoms. The molecule has 3 heterocycles. The Bertz CT molecular complexity index is 1910. The largest absolute Gasteiger partial charge is 0.416 e. The number of benzene rings is 3. The number of likely N-dealkylation sites (N-methyl/N-ethyl adjacent to an activating group) is 1. The second kappa shape index (κ2) is 12.9. The first-order chi connectivity index (χ1) is 23.0. The number of carbonyl (C=O) groups excluding carboxylic acids is 3. The van der Waals surface area contributed by atoms with Crippen molar-refractivity contribution < 1.29 is 36.7 Å². The number of nitrogens with zero attached hydrogens (tertiary/aromatic N) is 5. The van der Waals surface area contributed by atoms with Crippen molar-refractivity contribution >= 4 is 23.5 Å². The number of hydrogen-bond acceptors (Lipinski definition) is 6. The number of ether oxygens (including phenoxy) is 1. The third kappa shape index (κ3) is 5.88. The minimum absolute atomic E-state index is 0.0273.